The van der Waals surface area contributed by atoms with Gasteiger partial charge in [0, 0.05) is 44.4 Å². The summed E-state index contributed by atoms with van der Waals surface area (Å²) in [5.41, 5.74) is 0.572. The molecule has 0 aliphatic carbocycles. The number of aromatic nitrogens is 5. The van der Waals surface area contributed by atoms with Crippen molar-refractivity contribution in [1.29, 1.82) is 0 Å². The van der Waals surface area contributed by atoms with E-state index in [4.69, 9.17) is 0 Å². The lowest BCUT2D eigenvalue weighted by atomic mass is 10.3. The van der Waals surface area contributed by atoms with Crippen LogP contribution in [0, 0.1) is 0 Å². The average Bonchev–Trinajstić information content (AvgIpc) is 3.35. The number of amides is 1. The summed E-state index contributed by atoms with van der Waals surface area (Å²) >= 11 is 0. The molecule has 3 aromatic rings. The molecule has 0 atom stereocenters. The second kappa shape index (κ2) is 8.78. The van der Waals surface area contributed by atoms with Gasteiger partial charge in [-0.25, -0.2) is 28.1 Å². The minimum Gasteiger partial charge on any atom is -0.354 e. The van der Waals surface area contributed by atoms with Gasteiger partial charge in [0.2, 0.25) is 15.9 Å². The van der Waals surface area contributed by atoms with Crippen molar-refractivity contribution < 1.29 is 13.2 Å². The fourth-order valence-corrected chi connectivity index (χ4v) is 4.65. The maximum absolute atomic E-state index is 13.0. The molecule has 31 heavy (non-hydrogen) atoms. The summed E-state index contributed by atoms with van der Waals surface area (Å²) in [6.45, 7) is 3.42. The average molecular weight is 443 g/mol. The highest BCUT2D eigenvalue weighted by molar-refractivity contribution is 7.89. The van der Waals surface area contributed by atoms with Crippen LogP contribution in [-0.4, -0.2) is 69.5 Å². The second-order valence-corrected chi connectivity index (χ2v) is 8.83. The van der Waals surface area contributed by atoms with E-state index in [0.717, 1.165) is 0 Å². The van der Waals surface area contributed by atoms with E-state index in [1.807, 2.05) is 4.90 Å². The molecule has 1 aliphatic heterocycles. The number of anilines is 2. The Morgan fingerprint density at radius 2 is 1.74 bits per heavy atom. The highest BCUT2D eigenvalue weighted by Crippen LogP contribution is 2.22. The van der Waals surface area contributed by atoms with Crippen LogP contribution in [0.5, 0.6) is 0 Å². The third-order valence-corrected chi connectivity index (χ3v) is 6.86. The summed E-state index contributed by atoms with van der Waals surface area (Å²) in [5, 5.41) is 6.78. The van der Waals surface area contributed by atoms with Crippen molar-refractivity contribution in [1.82, 2.24) is 29.0 Å². The van der Waals surface area contributed by atoms with Crippen LogP contribution in [0.1, 0.15) is 13.3 Å². The number of hydrogen-bond donors (Lipinski definition) is 1. The molecule has 0 unspecified atom stereocenters. The number of hydrogen-bond acceptors (Lipinski definition) is 8. The molecule has 1 aliphatic rings. The van der Waals surface area contributed by atoms with E-state index >= 15 is 0 Å². The van der Waals surface area contributed by atoms with Gasteiger partial charge in [0.1, 0.15) is 24.8 Å². The summed E-state index contributed by atoms with van der Waals surface area (Å²) in [7, 11) is -3.62. The number of carbonyl (C=O) groups is 1. The Morgan fingerprint density at radius 3 is 2.39 bits per heavy atom. The normalized spacial score (nSPS) is 15.1. The van der Waals surface area contributed by atoms with Crippen molar-refractivity contribution >= 4 is 27.4 Å². The van der Waals surface area contributed by atoms with Crippen molar-refractivity contribution in [3.8, 4) is 5.82 Å². The molecule has 0 radical (unpaired) electrons. The zero-order valence-corrected chi connectivity index (χ0v) is 17.7. The quantitative estimate of drug-likeness (QED) is 0.597. The molecule has 12 heteroatoms. The van der Waals surface area contributed by atoms with Crippen LogP contribution in [0.25, 0.3) is 5.82 Å². The lowest BCUT2D eigenvalue weighted by Crippen LogP contribution is -2.48. The molecule has 1 fully saturated rings. The van der Waals surface area contributed by atoms with E-state index < -0.39 is 10.0 Å². The Bertz CT molecular complexity index is 1140. The Labute approximate surface area is 179 Å². The Morgan fingerprint density at radius 1 is 1.03 bits per heavy atom. The molecule has 11 nitrogen and oxygen atoms in total. The third-order valence-electron chi connectivity index (χ3n) is 4.95. The first-order valence-corrected chi connectivity index (χ1v) is 11.2. The lowest BCUT2D eigenvalue weighted by Gasteiger charge is -2.34. The second-order valence-electron chi connectivity index (χ2n) is 6.89. The number of rotatable bonds is 6. The molecular weight excluding hydrogens is 420 g/mol. The molecule has 3 heterocycles. The molecule has 1 aromatic carbocycles. The van der Waals surface area contributed by atoms with Crippen molar-refractivity contribution in [2.24, 2.45) is 0 Å². The molecule has 1 saturated heterocycles. The van der Waals surface area contributed by atoms with Gasteiger partial charge in [-0.15, -0.1) is 0 Å². The summed E-state index contributed by atoms with van der Waals surface area (Å²) in [4.78, 5) is 26.1. The zero-order valence-electron chi connectivity index (χ0n) is 16.9. The van der Waals surface area contributed by atoms with Gasteiger partial charge in [-0.2, -0.15) is 9.40 Å². The zero-order chi connectivity index (χ0) is 21.8. The number of benzene rings is 1. The minimum absolute atomic E-state index is 0.122. The van der Waals surface area contributed by atoms with Crippen LogP contribution in [0.15, 0.2) is 54.2 Å². The first kappa shape index (κ1) is 20.9. The van der Waals surface area contributed by atoms with Crippen LogP contribution in [0.3, 0.4) is 0 Å². The maximum Gasteiger partial charge on any atom is 0.243 e. The molecule has 0 saturated carbocycles. The lowest BCUT2D eigenvalue weighted by molar-refractivity contribution is -0.115. The van der Waals surface area contributed by atoms with Crippen LogP contribution in [0.2, 0.25) is 0 Å². The number of nitrogens with one attached hydrogen (secondary N) is 1. The smallest absolute Gasteiger partial charge is 0.243 e. The molecule has 162 valence electrons. The Kier molecular flexibility index (Phi) is 5.91. The van der Waals surface area contributed by atoms with Crippen LogP contribution in [-0.2, 0) is 14.8 Å². The Balaban J connectivity index is 1.42. The number of piperazine rings is 1. The van der Waals surface area contributed by atoms with E-state index in [9.17, 15) is 13.2 Å². The van der Waals surface area contributed by atoms with Gasteiger partial charge >= 0.3 is 0 Å². The van der Waals surface area contributed by atoms with Gasteiger partial charge in [0.25, 0.3) is 0 Å². The molecule has 4 rings (SSSR count). The van der Waals surface area contributed by atoms with Gasteiger partial charge < -0.3 is 10.2 Å². The summed E-state index contributed by atoms with van der Waals surface area (Å²) in [6, 6.07) is 8.03. The first-order chi connectivity index (χ1) is 15.0. The molecule has 0 bridgehead atoms. The maximum atomic E-state index is 13.0. The standard InChI is InChI=1S/C19H22N8O3S/c1-2-19(28)24-15-3-5-16(6-4-15)31(29,30)26-9-7-25(8-10-26)17-11-18(22-13-21-17)27-14-20-12-23-27/h3-6,11-14H,2,7-10H2,1H3,(H,24,28). The Hall–Kier alpha value is -3.38. The van der Waals surface area contributed by atoms with Crippen molar-refractivity contribution in [2.45, 2.75) is 18.2 Å². The molecule has 0 spiro atoms. The highest BCUT2D eigenvalue weighted by atomic mass is 32.2. The summed E-state index contributed by atoms with van der Waals surface area (Å²) in [5.74, 6) is 1.17. The van der Waals surface area contributed by atoms with E-state index in [1.165, 1.54) is 29.1 Å². The van der Waals surface area contributed by atoms with Gasteiger partial charge in [0.05, 0.1) is 4.90 Å². The van der Waals surface area contributed by atoms with Crippen LogP contribution in [0.4, 0.5) is 11.5 Å². The first-order valence-electron chi connectivity index (χ1n) is 9.79. The third kappa shape index (κ3) is 4.54. The van der Waals surface area contributed by atoms with Gasteiger partial charge in [-0.1, -0.05) is 6.92 Å². The van der Waals surface area contributed by atoms with Crippen molar-refractivity contribution in [3.05, 3.63) is 49.3 Å². The van der Waals surface area contributed by atoms with Gasteiger partial charge in [-0.05, 0) is 24.3 Å². The largest absolute Gasteiger partial charge is 0.354 e. The summed E-state index contributed by atoms with van der Waals surface area (Å²) in [6.07, 6.45) is 4.79. The van der Waals surface area contributed by atoms with Gasteiger partial charge in [-0.3, -0.25) is 4.79 Å². The van der Waals surface area contributed by atoms with Crippen molar-refractivity contribution in [3.63, 3.8) is 0 Å². The molecule has 2 aromatic heterocycles. The SMILES string of the molecule is CCC(=O)Nc1ccc(S(=O)(=O)N2CCN(c3cc(-n4cncn4)ncn3)CC2)cc1. The van der Waals surface area contributed by atoms with E-state index in [1.54, 1.807) is 36.1 Å². The van der Waals surface area contributed by atoms with Crippen LogP contribution < -0.4 is 10.2 Å². The van der Waals surface area contributed by atoms with E-state index in [0.29, 0.717) is 49.9 Å². The predicted octanol–water partition coefficient (Wildman–Crippen LogP) is 0.917. The fourth-order valence-electron chi connectivity index (χ4n) is 3.23. The van der Waals surface area contributed by atoms with Gasteiger partial charge in [0.15, 0.2) is 5.82 Å². The number of carbonyl (C=O) groups excluding carboxylic acids is 1. The molecule has 1 amide bonds. The topological polar surface area (TPSA) is 126 Å². The highest BCUT2D eigenvalue weighted by Gasteiger charge is 2.29. The number of nitrogens with zero attached hydrogens (tertiary/aromatic N) is 7. The van der Waals surface area contributed by atoms with E-state index in [-0.39, 0.29) is 10.8 Å². The number of sulfonamides is 1. The van der Waals surface area contributed by atoms with Crippen LogP contribution >= 0.6 is 0 Å². The molecular formula is C19H22N8O3S. The predicted molar refractivity (Wildman–Crippen MR) is 113 cm³/mol. The fraction of sp³-hybridized carbons (Fsp3) is 0.316. The summed E-state index contributed by atoms with van der Waals surface area (Å²) < 4.78 is 29.0. The van der Waals surface area contributed by atoms with Crippen molar-refractivity contribution in [2.75, 3.05) is 36.4 Å². The monoisotopic (exact) mass is 442 g/mol. The van der Waals surface area contributed by atoms with E-state index in [2.05, 4.69) is 25.4 Å². The molecule has 1 N–H and O–H groups in total. The minimum atomic E-state index is -3.62.